The third kappa shape index (κ3) is 5.93. The summed E-state index contributed by atoms with van der Waals surface area (Å²) in [6.45, 7) is 8.07. The highest BCUT2D eigenvalue weighted by Crippen LogP contribution is 2.65. The number of amides is 4. The summed E-state index contributed by atoms with van der Waals surface area (Å²) in [4.78, 5) is 65.9. The van der Waals surface area contributed by atoms with Crippen LogP contribution in [0.3, 0.4) is 0 Å². The molecule has 206 valence electrons. The van der Waals surface area contributed by atoms with E-state index in [-0.39, 0.29) is 41.1 Å². The zero-order chi connectivity index (χ0) is 27.1. The fourth-order valence-electron chi connectivity index (χ4n) is 6.56. The van der Waals surface area contributed by atoms with Gasteiger partial charge in [0, 0.05) is 6.54 Å². The summed E-state index contributed by atoms with van der Waals surface area (Å²) in [6, 6.07) is -2.54. The van der Waals surface area contributed by atoms with E-state index in [0.717, 1.165) is 44.9 Å². The molecule has 4 amide bonds. The molecule has 0 bridgehead atoms. The number of hydrogen-bond donors (Lipinski definition) is 3. The minimum atomic E-state index is -1.07. The fraction of sp³-hybridized carbons (Fsp3) is 0.815. The molecule has 3 aliphatic carbocycles. The van der Waals surface area contributed by atoms with Crippen molar-refractivity contribution in [2.45, 2.75) is 103 Å². The summed E-state index contributed by atoms with van der Waals surface area (Å²) in [5.74, 6) is -2.25. The minimum absolute atomic E-state index is 0.0336. The molecule has 1 heterocycles. The van der Waals surface area contributed by atoms with E-state index >= 15 is 0 Å². The molecule has 0 radical (unpaired) electrons. The number of ether oxygens (including phenoxy) is 1. The molecular formula is C27H42N4O6. The number of carbonyl (C=O) groups excluding carboxylic acids is 5. The maximum Gasteiger partial charge on any atom is 0.408 e. The lowest BCUT2D eigenvalue weighted by molar-refractivity contribution is -0.144. The van der Waals surface area contributed by atoms with Crippen molar-refractivity contribution in [3.05, 3.63) is 0 Å². The lowest BCUT2D eigenvalue weighted by Crippen LogP contribution is -2.59. The number of Topliss-reactive ketones (excluding diaryl/α,β-unsaturated/α-hetero) is 1. The van der Waals surface area contributed by atoms with Gasteiger partial charge in [-0.3, -0.25) is 19.2 Å². The van der Waals surface area contributed by atoms with E-state index in [1.165, 1.54) is 0 Å². The zero-order valence-electron chi connectivity index (χ0n) is 22.5. The molecule has 1 aliphatic heterocycles. The molecule has 0 spiro atoms. The van der Waals surface area contributed by atoms with E-state index < -0.39 is 41.8 Å². The van der Waals surface area contributed by atoms with Crippen LogP contribution >= 0.6 is 0 Å². The van der Waals surface area contributed by atoms with Gasteiger partial charge in [-0.25, -0.2) is 4.79 Å². The van der Waals surface area contributed by atoms with Crippen LogP contribution in [0.15, 0.2) is 0 Å². The van der Waals surface area contributed by atoms with Crippen LogP contribution in [0.4, 0.5) is 4.79 Å². The molecule has 3 saturated carbocycles. The highest BCUT2D eigenvalue weighted by atomic mass is 16.6. The number of nitrogens with two attached hydrogens (primary N) is 1. The summed E-state index contributed by atoms with van der Waals surface area (Å²) >= 11 is 0. The molecule has 0 aromatic carbocycles. The average Bonchev–Trinajstić information content (AvgIpc) is 3.68. The third-order valence-electron chi connectivity index (χ3n) is 8.91. The van der Waals surface area contributed by atoms with Gasteiger partial charge in [-0.1, -0.05) is 46.0 Å². The van der Waals surface area contributed by atoms with E-state index in [4.69, 9.17) is 10.5 Å². The Morgan fingerprint density at radius 1 is 1.00 bits per heavy atom. The number of carbonyl (C=O) groups is 5. The van der Waals surface area contributed by atoms with E-state index in [9.17, 15) is 24.0 Å². The van der Waals surface area contributed by atoms with Crippen LogP contribution in [0.2, 0.25) is 0 Å². The molecule has 1 saturated heterocycles. The summed E-state index contributed by atoms with van der Waals surface area (Å²) in [5.41, 5.74) is 5.14. The summed E-state index contributed by atoms with van der Waals surface area (Å²) in [5, 5.41) is 5.59. The predicted molar refractivity (Wildman–Crippen MR) is 135 cm³/mol. The van der Waals surface area contributed by atoms with Crippen molar-refractivity contribution in [3.8, 4) is 0 Å². The first-order valence-electron chi connectivity index (χ1n) is 13.8. The molecule has 2 unspecified atom stereocenters. The third-order valence-corrected chi connectivity index (χ3v) is 8.91. The maximum atomic E-state index is 14.0. The Bertz CT molecular complexity index is 939. The quantitative estimate of drug-likeness (QED) is 0.376. The number of fused-ring (bicyclic) bond motifs is 1. The topological polar surface area (TPSA) is 148 Å². The standard InChI is InChI=1S/C27H42N4O6/c1-14(2)37-26(36)30-20(16-8-6-5-7-9-16)25(35)31-13-17-19(27(17,3)4)21(31)24(34)29-18(12-15-10-11-15)22(32)23(28)33/h14-21H,5-13H2,1-4H3,(H2,28,33)(H,29,34)(H,30,36)/t17-,18?,19-,20-,21?/m0/s1. The number of piperidine rings is 1. The second-order valence-corrected chi connectivity index (χ2v) is 12.3. The molecule has 4 fully saturated rings. The number of likely N-dealkylation sites (tertiary alicyclic amines) is 1. The van der Waals surface area contributed by atoms with Gasteiger partial charge in [-0.15, -0.1) is 0 Å². The van der Waals surface area contributed by atoms with Crippen molar-refractivity contribution in [3.63, 3.8) is 0 Å². The number of hydrogen-bond acceptors (Lipinski definition) is 6. The van der Waals surface area contributed by atoms with Crippen molar-refractivity contribution >= 4 is 29.6 Å². The van der Waals surface area contributed by atoms with Crippen molar-refractivity contribution in [2.75, 3.05) is 6.54 Å². The van der Waals surface area contributed by atoms with Gasteiger partial charge in [-0.05, 0) is 62.2 Å². The summed E-state index contributed by atoms with van der Waals surface area (Å²) in [6.07, 6.45) is 6.00. The van der Waals surface area contributed by atoms with E-state index in [1.54, 1.807) is 18.7 Å². The lowest BCUT2D eigenvalue weighted by Gasteiger charge is -2.37. The van der Waals surface area contributed by atoms with E-state index in [2.05, 4.69) is 24.5 Å². The molecule has 0 aromatic heterocycles. The molecule has 4 N–H and O–H groups in total. The van der Waals surface area contributed by atoms with Crippen molar-refractivity contribution in [2.24, 2.45) is 34.8 Å². The summed E-state index contributed by atoms with van der Waals surface area (Å²) < 4.78 is 5.28. The van der Waals surface area contributed by atoms with Gasteiger partial charge in [0.05, 0.1) is 12.1 Å². The molecule has 4 rings (SSSR count). The van der Waals surface area contributed by atoms with Crippen LogP contribution < -0.4 is 16.4 Å². The molecule has 4 aliphatic rings. The van der Waals surface area contributed by atoms with Crippen LogP contribution in [0, 0.1) is 29.1 Å². The predicted octanol–water partition coefficient (Wildman–Crippen LogP) is 1.89. The van der Waals surface area contributed by atoms with Crippen LogP contribution in [-0.4, -0.2) is 65.3 Å². The Hall–Kier alpha value is -2.65. The molecular weight excluding hydrogens is 476 g/mol. The van der Waals surface area contributed by atoms with Gasteiger partial charge in [-0.2, -0.15) is 0 Å². The number of ketones is 1. The first-order chi connectivity index (χ1) is 17.4. The van der Waals surface area contributed by atoms with Gasteiger partial charge < -0.3 is 26.0 Å². The second-order valence-electron chi connectivity index (χ2n) is 12.3. The van der Waals surface area contributed by atoms with Gasteiger partial charge in [0.25, 0.3) is 5.91 Å². The number of alkyl carbamates (subject to hydrolysis) is 1. The first-order valence-corrected chi connectivity index (χ1v) is 13.8. The Labute approximate surface area is 218 Å². The molecule has 37 heavy (non-hydrogen) atoms. The summed E-state index contributed by atoms with van der Waals surface area (Å²) in [7, 11) is 0. The number of nitrogens with one attached hydrogen (secondary N) is 2. The molecule has 10 heteroatoms. The Morgan fingerprint density at radius 3 is 2.22 bits per heavy atom. The SMILES string of the molecule is CC(C)OC(=O)N[C@H](C(=O)N1C[C@H]2[C@@H](C1C(=O)NC(CC1CC1)C(=O)C(N)=O)C2(C)C)C1CCCCC1. The smallest absolute Gasteiger partial charge is 0.408 e. The highest BCUT2D eigenvalue weighted by molar-refractivity contribution is 6.37. The molecule has 0 aromatic rings. The van der Waals surface area contributed by atoms with Gasteiger partial charge in [0.1, 0.15) is 12.1 Å². The normalized spacial score (nSPS) is 28.1. The number of primary amides is 1. The largest absolute Gasteiger partial charge is 0.447 e. The monoisotopic (exact) mass is 518 g/mol. The van der Waals surface area contributed by atoms with Crippen molar-refractivity contribution < 1.29 is 28.7 Å². The second kappa shape index (κ2) is 10.6. The van der Waals surface area contributed by atoms with Crippen molar-refractivity contribution in [1.29, 1.82) is 0 Å². The number of nitrogens with zero attached hydrogens (tertiary/aromatic N) is 1. The fourth-order valence-corrected chi connectivity index (χ4v) is 6.56. The van der Waals surface area contributed by atoms with Crippen LogP contribution in [-0.2, 0) is 23.9 Å². The first kappa shape index (κ1) is 27.4. The average molecular weight is 519 g/mol. The van der Waals surface area contributed by atoms with Crippen LogP contribution in [0.1, 0.15) is 79.1 Å². The van der Waals surface area contributed by atoms with Gasteiger partial charge in [0.15, 0.2) is 0 Å². The zero-order valence-corrected chi connectivity index (χ0v) is 22.5. The van der Waals surface area contributed by atoms with Crippen LogP contribution in [0.5, 0.6) is 0 Å². The Morgan fingerprint density at radius 2 is 1.65 bits per heavy atom. The highest BCUT2D eigenvalue weighted by Gasteiger charge is 2.69. The lowest BCUT2D eigenvalue weighted by atomic mass is 9.83. The molecule has 5 atom stereocenters. The minimum Gasteiger partial charge on any atom is -0.447 e. The van der Waals surface area contributed by atoms with Gasteiger partial charge in [0.2, 0.25) is 17.6 Å². The maximum absolute atomic E-state index is 14.0. The van der Waals surface area contributed by atoms with Gasteiger partial charge >= 0.3 is 6.09 Å². The molecule has 10 nitrogen and oxygen atoms in total. The van der Waals surface area contributed by atoms with Crippen LogP contribution in [0.25, 0.3) is 0 Å². The Balaban J connectivity index is 1.55. The van der Waals surface area contributed by atoms with E-state index in [1.807, 2.05) is 0 Å². The Kier molecular flexibility index (Phi) is 7.85. The van der Waals surface area contributed by atoms with Crippen molar-refractivity contribution in [1.82, 2.24) is 15.5 Å². The number of rotatable bonds is 10. The van der Waals surface area contributed by atoms with E-state index in [0.29, 0.717) is 13.0 Å².